The van der Waals surface area contributed by atoms with Crippen molar-refractivity contribution in [2.45, 2.75) is 33.1 Å². The molecule has 1 rings (SSSR count). The first-order chi connectivity index (χ1) is 8.80. The van der Waals surface area contributed by atoms with Gasteiger partial charge in [0.25, 0.3) is 0 Å². The van der Waals surface area contributed by atoms with Crippen molar-refractivity contribution < 1.29 is 4.74 Å². The number of halogens is 1. The third-order valence-electron chi connectivity index (χ3n) is 2.76. The monoisotopic (exact) mass is 271 g/mol. The Labute approximate surface area is 114 Å². The fourth-order valence-electron chi connectivity index (χ4n) is 1.58. The molecule has 1 heterocycles. The molecule has 0 bridgehead atoms. The van der Waals surface area contributed by atoms with Crippen molar-refractivity contribution in [2.24, 2.45) is 5.92 Å². The van der Waals surface area contributed by atoms with Gasteiger partial charge in [0, 0.05) is 18.5 Å². The molecule has 0 fully saturated rings. The van der Waals surface area contributed by atoms with Crippen molar-refractivity contribution in [1.82, 2.24) is 9.97 Å². The molecule has 0 spiro atoms. The number of alkyl halides is 1. The average molecular weight is 272 g/mol. The summed E-state index contributed by atoms with van der Waals surface area (Å²) in [5.41, 5.74) is 0. The minimum Gasteiger partial charge on any atom is -0.478 e. The summed E-state index contributed by atoms with van der Waals surface area (Å²) in [5.74, 6) is 2.72. The van der Waals surface area contributed by atoms with E-state index in [2.05, 4.69) is 29.1 Å². The summed E-state index contributed by atoms with van der Waals surface area (Å²) >= 11 is 5.77. The zero-order valence-electron chi connectivity index (χ0n) is 11.2. The summed E-state index contributed by atoms with van der Waals surface area (Å²) in [5, 5.41) is 3.31. The summed E-state index contributed by atoms with van der Waals surface area (Å²) in [6.45, 7) is 5.81. The Hall–Kier alpha value is -1.03. The van der Waals surface area contributed by atoms with Gasteiger partial charge >= 0.3 is 0 Å². The molecule has 1 aromatic heterocycles. The molecule has 0 saturated heterocycles. The molecule has 5 heteroatoms. The average Bonchev–Trinajstić information content (AvgIpc) is 2.41. The third kappa shape index (κ3) is 5.54. The molecular formula is C13H22ClN3O. The minimum atomic E-state index is 0.581. The van der Waals surface area contributed by atoms with Gasteiger partial charge in [-0.25, -0.2) is 9.97 Å². The first-order valence-corrected chi connectivity index (χ1v) is 7.08. The Morgan fingerprint density at radius 1 is 1.39 bits per heavy atom. The predicted octanol–water partition coefficient (Wildman–Crippen LogP) is 3.33. The van der Waals surface area contributed by atoms with Crippen LogP contribution in [0.25, 0.3) is 0 Å². The molecule has 0 aliphatic rings. The van der Waals surface area contributed by atoms with Gasteiger partial charge < -0.3 is 10.1 Å². The lowest BCUT2D eigenvalue weighted by atomic mass is 10.0. The minimum absolute atomic E-state index is 0.581. The fraction of sp³-hybridized carbons (Fsp3) is 0.692. The lowest BCUT2D eigenvalue weighted by molar-refractivity contribution is 0.305. The Balaban J connectivity index is 2.45. The summed E-state index contributed by atoms with van der Waals surface area (Å²) in [6.07, 6.45) is 4.63. The molecule has 102 valence electrons. The van der Waals surface area contributed by atoms with E-state index in [9.17, 15) is 0 Å². The Bertz CT molecular complexity index is 336. The van der Waals surface area contributed by atoms with Crippen LogP contribution in [-0.2, 0) is 0 Å². The second kappa shape index (κ2) is 8.97. The largest absolute Gasteiger partial charge is 0.478 e. The number of ether oxygens (including phenoxy) is 1. The maximum absolute atomic E-state index is 5.77. The summed E-state index contributed by atoms with van der Waals surface area (Å²) < 4.78 is 5.46. The topological polar surface area (TPSA) is 47.0 Å². The number of rotatable bonds is 9. The van der Waals surface area contributed by atoms with Crippen molar-refractivity contribution in [2.75, 3.05) is 24.3 Å². The normalized spacial score (nSPS) is 12.2. The van der Waals surface area contributed by atoms with Crippen LogP contribution >= 0.6 is 11.6 Å². The van der Waals surface area contributed by atoms with E-state index in [4.69, 9.17) is 16.3 Å². The molecule has 1 aromatic rings. The quantitative estimate of drug-likeness (QED) is 0.700. The van der Waals surface area contributed by atoms with Crippen LogP contribution < -0.4 is 10.1 Å². The Kier molecular flexibility index (Phi) is 7.49. The number of aromatic nitrogens is 2. The van der Waals surface area contributed by atoms with E-state index >= 15 is 0 Å². The molecule has 0 aliphatic heterocycles. The number of nitrogens with zero attached hydrogens (tertiary/aromatic N) is 2. The van der Waals surface area contributed by atoms with E-state index in [0.717, 1.165) is 31.6 Å². The highest BCUT2D eigenvalue weighted by atomic mass is 35.5. The fourth-order valence-corrected chi connectivity index (χ4v) is 1.88. The van der Waals surface area contributed by atoms with Gasteiger partial charge in [0.2, 0.25) is 5.88 Å². The molecule has 0 amide bonds. The van der Waals surface area contributed by atoms with E-state index < -0.39 is 0 Å². The van der Waals surface area contributed by atoms with Gasteiger partial charge in [-0.1, -0.05) is 20.3 Å². The molecule has 0 saturated carbocycles. The highest BCUT2D eigenvalue weighted by molar-refractivity contribution is 6.17. The van der Waals surface area contributed by atoms with Gasteiger partial charge in [-0.3, -0.25) is 0 Å². The van der Waals surface area contributed by atoms with Crippen LogP contribution in [0.5, 0.6) is 5.88 Å². The van der Waals surface area contributed by atoms with Gasteiger partial charge in [-0.15, -0.1) is 11.6 Å². The lowest BCUT2D eigenvalue weighted by Crippen LogP contribution is -2.15. The van der Waals surface area contributed by atoms with Crippen molar-refractivity contribution in [3.63, 3.8) is 0 Å². The molecule has 1 unspecified atom stereocenters. The second-order valence-corrected chi connectivity index (χ2v) is 4.60. The first kappa shape index (κ1) is 15.0. The standard InChI is InChI=1S/C13H22ClN3O/c1-3-7-18-13-8-12(16-10-17-13)15-9-11(4-2)5-6-14/h8,10-11H,3-7,9H2,1-2H3,(H,15,16,17). The summed E-state index contributed by atoms with van der Waals surface area (Å²) in [4.78, 5) is 8.24. The molecule has 4 nitrogen and oxygen atoms in total. The van der Waals surface area contributed by atoms with Gasteiger partial charge in [0.15, 0.2) is 0 Å². The van der Waals surface area contributed by atoms with Crippen LogP contribution in [0.2, 0.25) is 0 Å². The highest BCUT2D eigenvalue weighted by Crippen LogP contribution is 2.14. The summed E-state index contributed by atoms with van der Waals surface area (Å²) in [6, 6.07) is 1.84. The van der Waals surface area contributed by atoms with Gasteiger partial charge in [0.05, 0.1) is 6.61 Å². The van der Waals surface area contributed by atoms with Crippen LogP contribution in [0.4, 0.5) is 5.82 Å². The predicted molar refractivity (Wildman–Crippen MR) is 75.4 cm³/mol. The van der Waals surface area contributed by atoms with Gasteiger partial charge in [-0.05, 0) is 18.8 Å². The Morgan fingerprint density at radius 3 is 2.89 bits per heavy atom. The van der Waals surface area contributed by atoms with E-state index in [1.165, 1.54) is 6.33 Å². The Morgan fingerprint density at radius 2 is 2.22 bits per heavy atom. The zero-order chi connectivity index (χ0) is 13.2. The number of hydrogen-bond acceptors (Lipinski definition) is 4. The lowest BCUT2D eigenvalue weighted by Gasteiger charge is -2.14. The van der Waals surface area contributed by atoms with E-state index in [1.54, 1.807) is 0 Å². The zero-order valence-corrected chi connectivity index (χ0v) is 11.9. The number of anilines is 1. The maximum Gasteiger partial charge on any atom is 0.218 e. The third-order valence-corrected chi connectivity index (χ3v) is 2.98. The smallest absolute Gasteiger partial charge is 0.218 e. The molecule has 1 N–H and O–H groups in total. The van der Waals surface area contributed by atoms with Crippen LogP contribution in [0, 0.1) is 5.92 Å². The SMILES string of the molecule is CCCOc1cc(NCC(CC)CCCl)ncn1. The molecule has 0 aliphatic carbocycles. The second-order valence-electron chi connectivity index (χ2n) is 4.22. The molecule has 1 atom stereocenters. The van der Waals surface area contributed by atoms with Crippen LogP contribution in [0.3, 0.4) is 0 Å². The molecule has 18 heavy (non-hydrogen) atoms. The van der Waals surface area contributed by atoms with Crippen molar-refractivity contribution in [1.29, 1.82) is 0 Å². The van der Waals surface area contributed by atoms with E-state index in [-0.39, 0.29) is 0 Å². The molecular weight excluding hydrogens is 250 g/mol. The molecule has 0 aromatic carbocycles. The van der Waals surface area contributed by atoms with Crippen LogP contribution in [0.1, 0.15) is 33.1 Å². The van der Waals surface area contributed by atoms with E-state index in [1.807, 2.05) is 6.07 Å². The van der Waals surface area contributed by atoms with Gasteiger partial charge in [0.1, 0.15) is 12.1 Å². The highest BCUT2D eigenvalue weighted by Gasteiger charge is 2.06. The van der Waals surface area contributed by atoms with Crippen LogP contribution in [0.15, 0.2) is 12.4 Å². The number of hydrogen-bond donors (Lipinski definition) is 1. The van der Waals surface area contributed by atoms with Crippen molar-refractivity contribution in [3.8, 4) is 5.88 Å². The van der Waals surface area contributed by atoms with Gasteiger partial charge in [-0.2, -0.15) is 0 Å². The van der Waals surface area contributed by atoms with Crippen LogP contribution in [-0.4, -0.2) is 29.0 Å². The first-order valence-electron chi connectivity index (χ1n) is 6.54. The number of nitrogens with one attached hydrogen (secondary N) is 1. The van der Waals surface area contributed by atoms with Crippen molar-refractivity contribution in [3.05, 3.63) is 12.4 Å². The summed E-state index contributed by atoms with van der Waals surface area (Å²) in [7, 11) is 0. The van der Waals surface area contributed by atoms with E-state index in [0.29, 0.717) is 24.3 Å². The van der Waals surface area contributed by atoms with Crippen molar-refractivity contribution >= 4 is 17.4 Å². The maximum atomic E-state index is 5.77. The molecule has 0 radical (unpaired) electrons.